The largest absolute Gasteiger partial charge is 0.436 e. The van der Waals surface area contributed by atoms with E-state index < -0.39 is 0 Å². The van der Waals surface area contributed by atoms with E-state index in [1.54, 1.807) is 0 Å². The van der Waals surface area contributed by atoms with Gasteiger partial charge in [-0.05, 0) is 71.0 Å². The molecule has 0 bridgehead atoms. The van der Waals surface area contributed by atoms with Crippen molar-refractivity contribution in [2.24, 2.45) is 0 Å². The molecule has 4 aromatic rings. The van der Waals surface area contributed by atoms with E-state index in [0.29, 0.717) is 17.4 Å². The Morgan fingerprint density at radius 3 is 2.23 bits per heavy atom. The summed E-state index contributed by atoms with van der Waals surface area (Å²) in [5.74, 6) is 0.889. The van der Waals surface area contributed by atoms with Crippen LogP contribution in [-0.4, -0.2) is 10.9 Å². The monoisotopic (exact) mass is 412 g/mol. The van der Waals surface area contributed by atoms with Crippen LogP contribution in [0.1, 0.15) is 62.0 Å². The van der Waals surface area contributed by atoms with Gasteiger partial charge in [-0.2, -0.15) is 0 Å². The fraction of sp³-hybridized carbons (Fsp3) is 0.259. The Morgan fingerprint density at radius 2 is 1.61 bits per heavy atom. The molecule has 1 aromatic heterocycles. The number of fused-ring (bicyclic) bond motifs is 1. The normalized spacial score (nSPS) is 11.8. The highest BCUT2D eigenvalue weighted by Gasteiger charge is 2.15. The minimum atomic E-state index is -0.128. The Balaban J connectivity index is 1.49. The SMILES string of the molecule is CC(C)c1ccc2oc(-c3ccc(NC(=O)c4ccc(C(C)(C)C)cc4)cc3)nc2c1. The maximum Gasteiger partial charge on any atom is 0.255 e. The van der Waals surface area contributed by atoms with Crippen molar-refractivity contribution in [1.82, 2.24) is 4.98 Å². The van der Waals surface area contributed by atoms with Gasteiger partial charge in [-0.15, -0.1) is 0 Å². The third kappa shape index (κ3) is 4.53. The molecule has 0 spiro atoms. The molecule has 4 nitrogen and oxygen atoms in total. The molecule has 4 rings (SSSR count). The number of hydrogen-bond donors (Lipinski definition) is 1. The van der Waals surface area contributed by atoms with E-state index in [2.05, 4.69) is 57.1 Å². The summed E-state index contributed by atoms with van der Waals surface area (Å²) in [5, 5.41) is 2.95. The van der Waals surface area contributed by atoms with Crippen LogP contribution in [-0.2, 0) is 5.41 Å². The average molecular weight is 413 g/mol. The second kappa shape index (κ2) is 8.03. The Morgan fingerprint density at radius 1 is 0.935 bits per heavy atom. The van der Waals surface area contributed by atoms with Gasteiger partial charge < -0.3 is 9.73 Å². The van der Waals surface area contributed by atoms with E-state index in [1.165, 1.54) is 11.1 Å². The lowest BCUT2D eigenvalue weighted by atomic mass is 9.87. The first kappa shape index (κ1) is 20.9. The number of rotatable bonds is 4. The first-order valence-electron chi connectivity index (χ1n) is 10.6. The number of amides is 1. The number of carbonyl (C=O) groups is 1. The number of anilines is 1. The van der Waals surface area contributed by atoms with Crippen LogP contribution in [0.5, 0.6) is 0 Å². The summed E-state index contributed by atoms with van der Waals surface area (Å²) in [6.07, 6.45) is 0. The summed E-state index contributed by atoms with van der Waals surface area (Å²) in [7, 11) is 0. The van der Waals surface area contributed by atoms with Gasteiger partial charge in [0.2, 0.25) is 5.89 Å². The van der Waals surface area contributed by atoms with Gasteiger partial charge in [0.05, 0.1) is 0 Å². The third-order valence-electron chi connectivity index (χ3n) is 5.48. The molecule has 158 valence electrons. The van der Waals surface area contributed by atoms with E-state index in [9.17, 15) is 4.79 Å². The van der Waals surface area contributed by atoms with Crippen molar-refractivity contribution in [3.63, 3.8) is 0 Å². The predicted octanol–water partition coefficient (Wildman–Crippen LogP) is 7.17. The predicted molar refractivity (Wildman–Crippen MR) is 127 cm³/mol. The molecule has 0 aliphatic carbocycles. The van der Waals surface area contributed by atoms with Crippen LogP contribution in [0.2, 0.25) is 0 Å². The molecule has 1 heterocycles. The lowest BCUT2D eigenvalue weighted by Crippen LogP contribution is -2.14. The van der Waals surface area contributed by atoms with Crippen molar-refractivity contribution in [3.8, 4) is 11.5 Å². The summed E-state index contributed by atoms with van der Waals surface area (Å²) in [6, 6.07) is 21.4. The summed E-state index contributed by atoms with van der Waals surface area (Å²) in [6.45, 7) is 10.8. The molecule has 0 aliphatic rings. The van der Waals surface area contributed by atoms with Crippen molar-refractivity contribution < 1.29 is 9.21 Å². The second-order valence-electron chi connectivity index (χ2n) is 9.26. The van der Waals surface area contributed by atoms with Crippen molar-refractivity contribution in [1.29, 1.82) is 0 Å². The molecule has 1 N–H and O–H groups in total. The molecule has 0 unspecified atom stereocenters. The molecule has 0 saturated carbocycles. The Bertz CT molecular complexity index is 1210. The van der Waals surface area contributed by atoms with Crippen molar-refractivity contribution in [2.75, 3.05) is 5.32 Å². The van der Waals surface area contributed by atoms with Crippen molar-refractivity contribution in [2.45, 2.75) is 46.0 Å². The maximum absolute atomic E-state index is 12.6. The second-order valence-corrected chi connectivity index (χ2v) is 9.26. The molecule has 31 heavy (non-hydrogen) atoms. The van der Waals surface area contributed by atoms with Crippen LogP contribution >= 0.6 is 0 Å². The quantitative estimate of drug-likeness (QED) is 0.386. The fourth-order valence-electron chi connectivity index (χ4n) is 3.45. The lowest BCUT2D eigenvalue weighted by molar-refractivity contribution is 0.102. The standard InChI is InChI=1S/C27H28N2O2/c1-17(2)20-10-15-24-23(16-20)29-26(31-24)19-8-13-22(14-9-19)28-25(30)18-6-11-21(12-7-18)27(3,4)5/h6-17H,1-5H3,(H,28,30). The highest BCUT2D eigenvalue weighted by molar-refractivity contribution is 6.04. The van der Waals surface area contributed by atoms with E-state index in [4.69, 9.17) is 4.42 Å². The van der Waals surface area contributed by atoms with Gasteiger partial charge in [0.15, 0.2) is 5.58 Å². The van der Waals surface area contributed by atoms with E-state index in [1.807, 2.05) is 54.6 Å². The molecule has 0 aliphatic heterocycles. The molecular weight excluding hydrogens is 384 g/mol. The van der Waals surface area contributed by atoms with Gasteiger partial charge in [-0.3, -0.25) is 4.79 Å². The molecule has 0 saturated heterocycles. The van der Waals surface area contributed by atoms with Gasteiger partial charge in [-0.25, -0.2) is 4.98 Å². The minimum absolute atomic E-state index is 0.0614. The van der Waals surface area contributed by atoms with Crippen molar-refractivity contribution >= 4 is 22.7 Å². The minimum Gasteiger partial charge on any atom is -0.436 e. The van der Waals surface area contributed by atoms with E-state index in [-0.39, 0.29) is 11.3 Å². The summed E-state index contributed by atoms with van der Waals surface area (Å²) < 4.78 is 5.92. The number of benzene rings is 3. The number of carbonyl (C=O) groups excluding carboxylic acids is 1. The van der Waals surface area contributed by atoms with Gasteiger partial charge in [0.25, 0.3) is 5.91 Å². The smallest absolute Gasteiger partial charge is 0.255 e. The lowest BCUT2D eigenvalue weighted by Gasteiger charge is -2.19. The Labute approximate surface area is 183 Å². The fourth-order valence-corrected chi connectivity index (χ4v) is 3.45. The van der Waals surface area contributed by atoms with Crippen LogP contribution in [0.4, 0.5) is 5.69 Å². The van der Waals surface area contributed by atoms with Gasteiger partial charge in [0.1, 0.15) is 5.52 Å². The first-order chi connectivity index (χ1) is 14.7. The Hall–Kier alpha value is -3.40. The maximum atomic E-state index is 12.6. The number of oxazole rings is 1. The molecule has 1 amide bonds. The summed E-state index contributed by atoms with van der Waals surface area (Å²) in [4.78, 5) is 17.2. The topological polar surface area (TPSA) is 55.1 Å². The summed E-state index contributed by atoms with van der Waals surface area (Å²) >= 11 is 0. The molecule has 3 aromatic carbocycles. The zero-order chi connectivity index (χ0) is 22.2. The highest BCUT2D eigenvalue weighted by Crippen LogP contribution is 2.28. The molecular formula is C27H28N2O2. The van der Waals surface area contributed by atoms with Crippen LogP contribution in [0.3, 0.4) is 0 Å². The van der Waals surface area contributed by atoms with E-state index >= 15 is 0 Å². The van der Waals surface area contributed by atoms with Gasteiger partial charge in [0, 0.05) is 16.8 Å². The van der Waals surface area contributed by atoms with Crippen LogP contribution < -0.4 is 5.32 Å². The van der Waals surface area contributed by atoms with Crippen LogP contribution in [0, 0.1) is 0 Å². The van der Waals surface area contributed by atoms with Crippen LogP contribution in [0.15, 0.2) is 71.1 Å². The van der Waals surface area contributed by atoms with Gasteiger partial charge in [-0.1, -0.05) is 52.8 Å². The zero-order valence-electron chi connectivity index (χ0n) is 18.7. The van der Waals surface area contributed by atoms with Gasteiger partial charge >= 0.3 is 0 Å². The molecule has 0 radical (unpaired) electrons. The van der Waals surface area contributed by atoms with E-state index in [0.717, 1.165) is 22.4 Å². The van der Waals surface area contributed by atoms with Crippen molar-refractivity contribution in [3.05, 3.63) is 83.4 Å². The first-order valence-corrected chi connectivity index (χ1v) is 10.6. The zero-order valence-corrected chi connectivity index (χ0v) is 18.7. The third-order valence-corrected chi connectivity index (χ3v) is 5.48. The Kier molecular flexibility index (Phi) is 5.40. The number of nitrogens with one attached hydrogen (secondary N) is 1. The molecule has 4 heteroatoms. The highest BCUT2D eigenvalue weighted by atomic mass is 16.3. The average Bonchev–Trinajstić information content (AvgIpc) is 3.17. The summed E-state index contributed by atoms with van der Waals surface area (Å²) in [5.41, 5.74) is 6.37. The number of nitrogens with zero attached hydrogens (tertiary/aromatic N) is 1. The molecule has 0 atom stereocenters. The number of aromatic nitrogens is 1. The number of hydrogen-bond acceptors (Lipinski definition) is 3. The molecule has 0 fully saturated rings. The van der Waals surface area contributed by atoms with Crippen LogP contribution in [0.25, 0.3) is 22.6 Å².